The van der Waals surface area contributed by atoms with E-state index in [0.29, 0.717) is 12.8 Å². The lowest BCUT2D eigenvalue weighted by atomic mass is 9.98. The molecule has 4 amide bonds. The van der Waals surface area contributed by atoms with Gasteiger partial charge in [0.2, 0.25) is 18.2 Å². The largest absolute Gasteiger partial charge is 0.442 e. The second-order valence-electron chi connectivity index (χ2n) is 7.20. The molecule has 5 atom stereocenters. The van der Waals surface area contributed by atoms with Crippen LogP contribution in [0.5, 0.6) is 0 Å². The number of hydrogen-bond donors (Lipinski definition) is 0. The second-order valence-corrected chi connectivity index (χ2v) is 7.91. The van der Waals surface area contributed by atoms with E-state index >= 15 is 0 Å². The third-order valence-corrected chi connectivity index (χ3v) is 6.20. The minimum atomic E-state index is -1.31. The van der Waals surface area contributed by atoms with Crippen LogP contribution in [-0.4, -0.2) is 94.3 Å². The molecule has 5 unspecified atom stereocenters. The lowest BCUT2D eigenvalue weighted by molar-refractivity contribution is -0.172. The van der Waals surface area contributed by atoms with Gasteiger partial charge >= 0.3 is 5.97 Å². The molecule has 30 heavy (non-hydrogen) atoms. The number of hydrogen-bond acceptors (Lipinski definition) is 7. The Labute approximate surface area is 182 Å². The Morgan fingerprint density at radius 2 is 1.97 bits per heavy atom. The zero-order valence-electron chi connectivity index (χ0n) is 16.2. The van der Waals surface area contributed by atoms with Crippen molar-refractivity contribution in [3.8, 4) is 0 Å². The SMILES string of the molecule is C=C(CCl)C(C(=O)OCN1C(=O)CCC1=O)N1C(=O)C(N(C=O)C2CC2OC)C1Cl. The van der Waals surface area contributed by atoms with Crippen molar-refractivity contribution in [1.82, 2.24) is 14.7 Å². The summed E-state index contributed by atoms with van der Waals surface area (Å²) < 4.78 is 10.3. The first-order valence-corrected chi connectivity index (χ1v) is 10.2. The van der Waals surface area contributed by atoms with Gasteiger partial charge in [0, 0.05) is 25.8 Å². The lowest BCUT2D eigenvalue weighted by Gasteiger charge is -2.50. The highest BCUT2D eigenvalue weighted by molar-refractivity contribution is 6.27. The number of β-lactam (4-membered cyclic amide) rings is 1. The van der Waals surface area contributed by atoms with Gasteiger partial charge in [-0.2, -0.15) is 0 Å². The molecule has 3 rings (SSSR count). The Balaban J connectivity index is 1.69. The zero-order chi connectivity index (χ0) is 22.2. The molecule has 12 heteroatoms. The topological polar surface area (TPSA) is 114 Å². The molecule has 2 aliphatic heterocycles. The van der Waals surface area contributed by atoms with Crippen LogP contribution in [0.3, 0.4) is 0 Å². The van der Waals surface area contributed by atoms with Crippen LogP contribution in [0.15, 0.2) is 12.2 Å². The zero-order valence-corrected chi connectivity index (χ0v) is 17.7. The van der Waals surface area contributed by atoms with Crippen molar-refractivity contribution < 1.29 is 33.4 Å². The molecule has 0 spiro atoms. The molecular formula is C18H21Cl2N3O7. The van der Waals surface area contributed by atoms with Gasteiger partial charge in [-0.25, -0.2) is 9.69 Å². The van der Waals surface area contributed by atoms with E-state index < -0.39 is 48.0 Å². The number of rotatable bonds is 10. The molecule has 1 saturated carbocycles. The quantitative estimate of drug-likeness (QED) is 0.0842. The van der Waals surface area contributed by atoms with E-state index in [9.17, 15) is 24.0 Å². The highest BCUT2D eigenvalue weighted by atomic mass is 35.5. The van der Waals surface area contributed by atoms with Gasteiger partial charge in [0.25, 0.3) is 5.91 Å². The molecule has 164 valence electrons. The number of ether oxygens (including phenoxy) is 2. The maximum absolute atomic E-state index is 12.8. The Kier molecular flexibility index (Phi) is 6.68. The fourth-order valence-electron chi connectivity index (χ4n) is 3.60. The highest BCUT2D eigenvalue weighted by Gasteiger charge is 2.59. The van der Waals surface area contributed by atoms with E-state index in [0.717, 1.165) is 9.80 Å². The maximum atomic E-state index is 12.8. The van der Waals surface area contributed by atoms with Gasteiger partial charge in [-0.15, -0.1) is 11.6 Å². The predicted molar refractivity (Wildman–Crippen MR) is 103 cm³/mol. The monoisotopic (exact) mass is 461 g/mol. The van der Waals surface area contributed by atoms with Crippen molar-refractivity contribution in [3.05, 3.63) is 12.2 Å². The number of carbonyl (C=O) groups is 5. The number of esters is 1. The lowest BCUT2D eigenvalue weighted by Crippen LogP contribution is -2.72. The Hall–Kier alpha value is -2.17. The van der Waals surface area contributed by atoms with Crippen LogP contribution in [-0.2, 0) is 33.4 Å². The smallest absolute Gasteiger partial charge is 0.335 e. The van der Waals surface area contributed by atoms with Crippen molar-refractivity contribution in [2.75, 3.05) is 19.7 Å². The molecular weight excluding hydrogens is 441 g/mol. The minimum absolute atomic E-state index is 0.0510. The molecule has 3 fully saturated rings. The van der Waals surface area contributed by atoms with Gasteiger partial charge in [0.1, 0.15) is 11.5 Å². The molecule has 1 aliphatic carbocycles. The molecule has 0 N–H and O–H groups in total. The van der Waals surface area contributed by atoms with E-state index in [2.05, 4.69) is 6.58 Å². The Morgan fingerprint density at radius 3 is 2.43 bits per heavy atom. The number of nitrogens with zero attached hydrogens (tertiary/aromatic N) is 3. The van der Waals surface area contributed by atoms with Crippen LogP contribution in [0.1, 0.15) is 19.3 Å². The minimum Gasteiger partial charge on any atom is -0.442 e. The summed E-state index contributed by atoms with van der Waals surface area (Å²) >= 11 is 12.2. The van der Waals surface area contributed by atoms with E-state index in [1.54, 1.807) is 0 Å². The van der Waals surface area contributed by atoms with Gasteiger partial charge in [-0.1, -0.05) is 18.2 Å². The summed E-state index contributed by atoms with van der Waals surface area (Å²) in [6, 6.07) is -2.54. The third-order valence-electron chi connectivity index (χ3n) is 5.41. The van der Waals surface area contributed by atoms with Crippen LogP contribution in [0, 0.1) is 0 Å². The summed E-state index contributed by atoms with van der Waals surface area (Å²) in [6.07, 6.45) is 1.05. The normalized spacial score (nSPS) is 28.8. The average Bonchev–Trinajstić information content (AvgIpc) is 3.45. The van der Waals surface area contributed by atoms with Crippen molar-refractivity contribution in [3.63, 3.8) is 0 Å². The summed E-state index contributed by atoms with van der Waals surface area (Å²) in [6.45, 7) is 3.13. The highest BCUT2D eigenvalue weighted by Crippen LogP contribution is 2.39. The number of alkyl halides is 2. The van der Waals surface area contributed by atoms with Crippen LogP contribution in [0.4, 0.5) is 0 Å². The second kappa shape index (κ2) is 8.91. The standard InChI is InChI=1S/C18H21Cl2N3O7/c1-9(6-19)14(18(28)30-8-22-12(25)3-4-13(22)26)23-16(20)15(17(23)27)21(7-24)10-5-11(10)29-2/h7,10-11,14-16H,1,3-6,8H2,2H3. The average molecular weight is 462 g/mol. The van der Waals surface area contributed by atoms with Gasteiger partial charge < -0.3 is 19.3 Å². The van der Waals surface area contributed by atoms with E-state index in [4.69, 9.17) is 32.7 Å². The predicted octanol–water partition coefficient (Wildman–Crippen LogP) is -0.179. The number of imide groups is 1. The Morgan fingerprint density at radius 1 is 1.33 bits per heavy atom. The van der Waals surface area contributed by atoms with Crippen LogP contribution >= 0.6 is 23.2 Å². The molecule has 0 bridgehead atoms. The number of halogens is 2. The molecule has 2 saturated heterocycles. The fourth-order valence-corrected chi connectivity index (χ4v) is 4.19. The van der Waals surface area contributed by atoms with Crippen molar-refractivity contribution in [1.29, 1.82) is 0 Å². The van der Waals surface area contributed by atoms with Crippen LogP contribution < -0.4 is 0 Å². The molecule has 0 radical (unpaired) electrons. The van der Waals surface area contributed by atoms with Crippen LogP contribution in [0.2, 0.25) is 0 Å². The van der Waals surface area contributed by atoms with Gasteiger partial charge in [0.15, 0.2) is 12.8 Å². The van der Waals surface area contributed by atoms with Gasteiger partial charge in [0.05, 0.1) is 12.1 Å². The first kappa shape index (κ1) is 22.5. The van der Waals surface area contributed by atoms with Crippen molar-refractivity contribution in [2.45, 2.75) is 49.0 Å². The summed E-state index contributed by atoms with van der Waals surface area (Å²) in [5.41, 5.74) is -0.870. The first-order valence-electron chi connectivity index (χ1n) is 9.22. The molecule has 0 aromatic carbocycles. The summed E-state index contributed by atoms with van der Waals surface area (Å²) in [5, 5.41) is 0. The summed E-state index contributed by atoms with van der Waals surface area (Å²) in [7, 11) is 1.51. The van der Waals surface area contributed by atoms with E-state index in [1.165, 1.54) is 12.0 Å². The third kappa shape index (κ3) is 3.91. The fraction of sp³-hybridized carbons (Fsp3) is 0.611. The molecule has 10 nitrogen and oxygen atoms in total. The summed E-state index contributed by atoms with van der Waals surface area (Å²) in [5.74, 6) is -2.55. The van der Waals surface area contributed by atoms with E-state index in [1.807, 2.05) is 0 Å². The molecule has 0 aromatic rings. The van der Waals surface area contributed by atoms with Crippen LogP contribution in [0.25, 0.3) is 0 Å². The summed E-state index contributed by atoms with van der Waals surface area (Å²) in [4.78, 5) is 63.5. The van der Waals surface area contributed by atoms with Gasteiger partial charge in [-0.3, -0.25) is 19.2 Å². The van der Waals surface area contributed by atoms with Gasteiger partial charge in [-0.05, 0) is 12.0 Å². The number of methoxy groups -OCH3 is 1. The molecule has 0 aromatic heterocycles. The maximum Gasteiger partial charge on any atom is 0.335 e. The van der Waals surface area contributed by atoms with E-state index in [-0.39, 0.29) is 36.4 Å². The van der Waals surface area contributed by atoms with Crippen molar-refractivity contribution >= 4 is 53.3 Å². The molecule has 2 heterocycles. The van der Waals surface area contributed by atoms with Crippen molar-refractivity contribution in [2.24, 2.45) is 0 Å². The molecule has 3 aliphatic rings. The first-order chi connectivity index (χ1) is 14.3. The Bertz CT molecular complexity index is 776. The number of likely N-dealkylation sites (tertiary alicyclic amines) is 2. The number of amides is 4. The number of carbonyl (C=O) groups excluding carboxylic acids is 5.